The van der Waals surface area contributed by atoms with E-state index in [9.17, 15) is 4.79 Å². The van der Waals surface area contributed by atoms with E-state index < -0.39 is 5.41 Å². The Bertz CT molecular complexity index is 1130. The van der Waals surface area contributed by atoms with Gasteiger partial charge < -0.3 is 19.1 Å². The first-order chi connectivity index (χ1) is 17.2. The van der Waals surface area contributed by atoms with Crippen molar-refractivity contribution in [3.8, 4) is 17.4 Å². The first-order valence-electron chi connectivity index (χ1n) is 12.2. The van der Waals surface area contributed by atoms with E-state index in [4.69, 9.17) is 14.2 Å². The van der Waals surface area contributed by atoms with Crippen molar-refractivity contribution >= 4 is 5.91 Å². The number of likely N-dealkylation sites (tertiary alicyclic amines) is 1. The average molecular weight is 474 g/mol. The molecule has 2 saturated heterocycles. The van der Waals surface area contributed by atoms with Crippen LogP contribution in [-0.4, -0.2) is 54.2 Å². The number of aromatic nitrogens is 2. The normalized spacial score (nSPS) is 19.7. The molecule has 5 rings (SSSR count). The van der Waals surface area contributed by atoms with Crippen LogP contribution in [0.2, 0.25) is 0 Å². The Labute approximate surface area is 206 Å². The number of piperidine rings is 1. The minimum Gasteiger partial charge on any atom is -0.497 e. The molecule has 0 saturated carbocycles. The van der Waals surface area contributed by atoms with E-state index in [0.29, 0.717) is 44.2 Å². The van der Waals surface area contributed by atoms with Crippen LogP contribution >= 0.6 is 0 Å². The maximum Gasteiger partial charge on any atom is 0.241 e. The third-order valence-corrected chi connectivity index (χ3v) is 7.14. The maximum absolute atomic E-state index is 14.1. The van der Waals surface area contributed by atoms with Gasteiger partial charge in [-0.05, 0) is 55.5 Å². The van der Waals surface area contributed by atoms with E-state index >= 15 is 0 Å². The van der Waals surface area contributed by atoms with Crippen LogP contribution in [0.25, 0.3) is 0 Å². The minimum atomic E-state index is -0.536. The van der Waals surface area contributed by atoms with Crippen molar-refractivity contribution in [3.63, 3.8) is 0 Å². The van der Waals surface area contributed by atoms with Gasteiger partial charge in [0.2, 0.25) is 11.8 Å². The lowest BCUT2D eigenvalue weighted by Gasteiger charge is -2.42. The molecule has 0 radical (unpaired) electrons. The molecular weight excluding hydrogens is 442 g/mol. The molecule has 2 fully saturated rings. The third kappa shape index (κ3) is 4.86. The Morgan fingerprint density at radius 2 is 1.71 bits per heavy atom. The van der Waals surface area contributed by atoms with Gasteiger partial charge in [-0.15, -0.1) is 0 Å². The van der Waals surface area contributed by atoms with Crippen LogP contribution in [0, 0.1) is 0 Å². The highest BCUT2D eigenvalue weighted by Gasteiger charge is 2.45. The molecule has 0 N–H and O–H groups in total. The van der Waals surface area contributed by atoms with E-state index in [2.05, 4.69) is 22.1 Å². The minimum absolute atomic E-state index is 0.0577. The van der Waals surface area contributed by atoms with Crippen molar-refractivity contribution in [1.82, 2.24) is 14.9 Å². The van der Waals surface area contributed by atoms with Gasteiger partial charge in [0.05, 0.1) is 12.5 Å². The molecule has 2 aliphatic heterocycles. The van der Waals surface area contributed by atoms with E-state index in [-0.39, 0.29) is 11.8 Å². The number of carbonyl (C=O) groups excluding carboxylic acids is 1. The van der Waals surface area contributed by atoms with Crippen molar-refractivity contribution in [3.05, 3.63) is 78.2 Å². The smallest absolute Gasteiger partial charge is 0.241 e. The molecule has 1 unspecified atom stereocenters. The van der Waals surface area contributed by atoms with Crippen LogP contribution in [0.5, 0.6) is 17.4 Å². The third-order valence-electron chi connectivity index (χ3n) is 7.14. The molecule has 1 amide bonds. The molecule has 0 spiro atoms. The van der Waals surface area contributed by atoms with E-state index in [0.717, 1.165) is 36.4 Å². The molecule has 182 valence electrons. The average Bonchev–Trinajstić information content (AvgIpc) is 2.94. The summed E-state index contributed by atoms with van der Waals surface area (Å²) < 4.78 is 17.0. The Balaban J connectivity index is 1.38. The summed E-state index contributed by atoms with van der Waals surface area (Å²) >= 11 is 0. The number of hydrogen-bond acceptors (Lipinski definition) is 6. The fourth-order valence-corrected chi connectivity index (χ4v) is 5.24. The van der Waals surface area contributed by atoms with Crippen LogP contribution in [0.15, 0.2) is 67.0 Å². The predicted molar refractivity (Wildman–Crippen MR) is 132 cm³/mol. The van der Waals surface area contributed by atoms with Gasteiger partial charge in [0, 0.05) is 44.6 Å². The lowest BCUT2D eigenvalue weighted by atomic mass is 9.72. The van der Waals surface area contributed by atoms with Crippen molar-refractivity contribution in [2.75, 3.05) is 33.4 Å². The van der Waals surface area contributed by atoms with Crippen LogP contribution in [0.3, 0.4) is 0 Å². The maximum atomic E-state index is 14.1. The number of nitrogens with zero attached hydrogens (tertiary/aromatic N) is 3. The second kappa shape index (κ2) is 10.4. The van der Waals surface area contributed by atoms with Crippen LogP contribution in [0.1, 0.15) is 42.9 Å². The van der Waals surface area contributed by atoms with Gasteiger partial charge >= 0.3 is 0 Å². The summed E-state index contributed by atoms with van der Waals surface area (Å²) in [6.07, 6.45) is 6.59. The highest BCUT2D eigenvalue weighted by molar-refractivity contribution is 5.88. The summed E-state index contributed by atoms with van der Waals surface area (Å²) in [5.74, 6) is 2.17. The Hall–Kier alpha value is -3.45. The second-order valence-corrected chi connectivity index (χ2v) is 9.18. The molecular formula is C28H31N3O4. The van der Waals surface area contributed by atoms with Gasteiger partial charge in [-0.1, -0.05) is 30.3 Å². The highest BCUT2D eigenvalue weighted by Crippen LogP contribution is 2.39. The van der Waals surface area contributed by atoms with Gasteiger partial charge in [-0.2, -0.15) is 0 Å². The molecule has 7 heteroatoms. The summed E-state index contributed by atoms with van der Waals surface area (Å²) in [5, 5.41) is 0. The summed E-state index contributed by atoms with van der Waals surface area (Å²) in [6.45, 7) is 2.55. The molecule has 35 heavy (non-hydrogen) atoms. The summed E-state index contributed by atoms with van der Waals surface area (Å²) in [5.41, 5.74) is 1.34. The fraction of sp³-hybridized carbons (Fsp3) is 0.393. The van der Waals surface area contributed by atoms with Gasteiger partial charge in [-0.25, -0.2) is 4.98 Å². The topological polar surface area (TPSA) is 73.8 Å². The number of methoxy groups -OCH3 is 1. The summed E-state index contributed by atoms with van der Waals surface area (Å²) in [6, 6.07) is 17.6. The number of benzene rings is 2. The van der Waals surface area contributed by atoms with Crippen LogP contribution < -0.4 is 9.47 Å². The first-order valence-corrected chi connectivity index (χ1v) is 12.2. The first kappa shape index (κ1) is 23.3. The van der Waals surface area contributed by atoms with Gasteiger partial charge in [0.1, 0.15) is 17.2 Å². The van der Waals surface area contributed by atoms with Crippen LogP contribution in [0.4, 0.5) is 0 Å². The monoisotopic (exact) mass is 473 g/mol. The fourth-order valence-electron chi connectivity index (χ4n) is 5.24. The molecule has 0 bridgehead atoms. The number of carbonyl (C=O) groups is 1. The largest absolute Gasteiger partial charge is 0.497 e. The second-order valence-electron chi connectivity index (χ2n) is 9.18. The van der Waals surface area contributed by atoms with Gasteiger partial charge in [-0.3, -0.25) is 9.78 Å². The van der Waals surface area contributed by atoms with Crippen molar-refractivity contribution in [2.45, 2.75) is 37.0 Å². The predicted octanol–water partition coefficient (Wildman–Crippen LogP) is 4.73. The molecule has 0 aliphatic carbocycles. The van der Waals surface area contributed by atoms with Crippen molar-refractivity contribution in [2.24, 2.45) is 0 Å². The van der Waals surface area contributed by atoms with Crippen LogP contribution in [-0.2, 0) is 14.9 Å². The zero-order valence-electron chi connectivity index (χ0n) is 20.1. The molecule has 3 aromatic rings. The Kier molecular flexibility index (Phi) is 6.95. The SMILES string of the molecule is COc1ccc(Oc2nccnc2C2CCCN(C(=O)C3(c4ccccc4)CCOCC3)C2)cc1. The van der Waals surface area contributed by atoms with E-state index in [1.807, 2.05) is 47.4 Å². The van der Waals surface area contributed by atoms with E-state index in [1.165, 1.54) is 0 Å². The van der Waals surface area contributed by atoms with Crippen molar-refractivity contribution in [1.29, 1.82) is 0 Å². The molecule has 1 aromatic heterocycles. The Morgan fingerprint density at radius 1 is 1.00 bits per heavy atom. The number of rotatable bonds is 6. The molecule has 2 aromatic carbocycles. The molecule has 2 aliphatic rings. The van der Waals surface area contributed by atoms with Gasteiger partial charge in [0.25, 0.3) is 0 Å². The van der Waals surface area contributed by atoms with E-state index in [1.54, 1.807) is 19.5 Å². The quantitative estimate of drug-likeness (QED) is 0.515. The zero-order chi connectivity index (χ0) is 24.1. The molecule has 1 atom stereocenters. The molecule has 3 heterocycles. The summed E-state index contributed by atoms with van der Waals surface area (Å²) in [4.78, 5) is 25.2. The van der Waals surface area contributed by atoms with Gasteiger partial charge in [0.15, 0.2) is 0 Å². The lowest BCUT2D eigenvalue weighted by molar-refractivity contribution is -0.142. The van der Waals surface area contributed by atoms with Crippen molar-refractivity contribution < 1.29 is 19.0 Å². The number of ether oxygens (including phenoxy) is 3. The lowest BCUT2D eigenvalue weighted by Crippen LogP contribution is -2.52. The number of amides is 1. The highest BCUT2D eigenvalue weighted by atomic mass is 16.5. The standard InChI is InChI=1S/C28H31N3O4/c1-33-23-9-11-24(12-10-23)35-26-25(29-15-16-30-26)21-6-5-17-31(20-21)27(32)28(13-18-34-19-14-28)22-7-3-2-4-8-22/h2-4,7-12,15-16,21H,5-6,13-14,17-20H2,1H3. The molecule has 7 nitrogen and oxygen atoms in total. The Morgan fingerprint density at radius 3 is 2.46 bits per heavy atom. The number of hydrogen-bond donors (Lipinski definition) is 0. The zero-order valence-corrected chi connectivity index (χ0v) is 20.1. The summed E-state index contributed by atoms with van der Waals surface area (Å²) in [7, 11) is 1.63.